The normalized spacial score (nSPS) is 13.0. The summed E-state index contributed by atoms with van der Waals surface area (Å²) < 4.78 is 2.38. The second-order valence-corrected chi connectivity index (χ2v) is 5.90. The number of aliphatic hydroxyl groups is 1. The van der Waals surface area contributed by atoms with Gasteiger partial charge in [-0.3, -0.25) is 0 Å². The van der Waals surface area contributed by atoms with E-state index in [2.05, 4.69) is 66.2 Å². The summed E-state index contributed by atoms with van der Waals surface area (Å²) in [4.78, 5) is 0. The number of hydrogen-bond acceptors (Lipinski definition) is 1. The molecule has 0 aliphatic carbocycles. The molecule has 0 aliphatic heterocycles. The molecule has 3 aromatic rings. The van der Waals surface area contributed by atoms with Gasteiger partial charge in [-0.2, -0.15) is 0 Å². The van der Waals surface area contributed by atoms with Gasteiger partial charge in [0.05, 0.1) is 6.61 Å². The van der Waals surface area contributed by atoms with E-state index in [9.17, 15) is 5.11 Å². The van der Waals surface area contributed by atoms with Crippen LogP contribution in [0.15, 0.2) is 42.5 Å². The smallest absolute Gasteiger partial charge is 0.109 e. The Hall–Kier alpha value is -1.84. The summed E-state index contributed by atoms with van der Waals surface area (Å²) in [5.74, 6) is 0. The third-order valence-corrected chi connectivity index (χ3v) is 4.60. The van der Waals surface area contributed by atoms with E-state index in [4.69, 9.17) is 0 Å². The van der Waals surface area contributed by atoms with Crippen LogP contribution in [-0.2, 0) is 13.1 Å². The lowest BCUT2D eigenvalue weighted by molar-refractivity contribution is -0.706. The SMILES string of the molecule is CC[C@@H](CO)[NH2+]Cc1ccc2c(c1)c1ccccc1n2CC. The number of para-hydroxylation sites is 1. The van der Waals surface area contributed by atoms with Gasteiger partial charge in [0.2, 0.25) is 0 Å². The van der Waals surface area contributed by atoms with Crippen LogP contribution in [0.3, 0.4) is 0 Å². The lowest BCUT2D eigenvalue weighted by Gasteiger charge is -2.10. The molecule has 1 heterocycles. The highest BCUT2D eigenvalue weighted by atomic mass is 16.3. The van der Waals surface area contributed by atoms with Crippen molar-refractivity contribution < 1.29 is 10.4 Å². The van der Waals surface area contributed by atoms with E-state index < -0.39 is 0 Å². The van der Waals surface area contributed by atoms with E-state index >= 15 is 0 Å². The molecule has 0 bridgehead atoms. The maximum atomic E-state index is 9.32. The molecule has 2 aromatic carbocycles. The first kappa shape index (κ1) is 15.1. The molecule has 3 nitrogen and oxygen atoms in total. The first-order chi connectivity index (χ1) is 10.8. The summed E-state index contributed by atoms with van der Waals surface area (Å²) in [5.41, 5.74) is 3.93. The van der Waals surface area contributed by atoms with Gasteiger partial charge in [-0.25, -0.2) is 0 Å². The van der Waals surface area contributed by atoms with Gasteiger partial charge < -0.3 is 15.0 Å². The van der Waals surface area contributed by atoms with Crippen LogP contribution in [0.4, 0.5) is 0 Å². The van der Waals surface area contributed by atoms with Gasteiger partial charge in [-0.15, -0.1) is 0 Å². The van der Waals surface area contributed by atoms with Crippen LogP contribution >= 0.6 is 0 Å². The Morgan fingerprint density at radius 3 is 2.55 bits per heavy atom. The van der Waals surface area contributed by atoms with Gasteiger partial charge in [0.25, 0.3) is 0 Å². The number of hydrogen-bond donors (Lipinski definition) is 2. The zero-order valence-electron chi connectivity index (χ0n) is 13.4. The Balaban J connectivity index is 2.01. The maximum Gasteiger partial charge on any atom is 0.109 e. The predicted molar refractivity (Wildman–Crippen MR) is 91.9 cm³/mol. The largest absolute Gasteiger partial charge is 0.390 e. The fourth-order valence-electron chi connectivity index (χ4n) is 3.24. The van der Waals surface area contributed by atoms with Gasteiger partial charge in [-0.1, -0.05) is 31.2 Å². The fraction of sp³-hybridized carbons (Fsp3) is 0.368. The van der Waals surface area contributed by atoms with Crippen molar-refractivity contribution in [2.45, 2.75) is 39.4 Å². The molecule has 1 aromatic heterocycles. The van der Waals surface area contributed by atoms with Gasteiger partial charge in [0.1, 0.15) is 12.6 Å². The number of nitrogens with zero attached hydrogens (tertiary/aromatic N) is 1. The van der Waals surface area contributed by atoms with Crippen LogP contribution in [0.25, 0.3) is 21.8 Å². The summed E-state index contributed by atoms with van der Waals surface area (Å²) in [5, 5.41) is 14.2. The topological polar surface area (TPSA) is 41.8 Å². The van der Waals surface area contributed by atoms with Crippen LogP contribution in [0.5, 0.6) is 0 Å². The third-order valence-electron chi connectivity index (χ3n) is 4.60. The molecule has 0 fully saturated rings. The van der Waals surface area contributed by atoms with Crippen LogP contribution in [0.1, 0.15) is 25.8 Å². The molecule has 116 valence electrons. The van der Waals surface area contributed by atoms with Crippen molar-refractivity contribution in [2.24, 2.45) is 0 Å². The highest BCUT2D eigenvalue weighted by molar-refractivity contribution is 6.08. The number of rotatable bonds is 6. The van der Waals surface area contributed by atoms with Crippen molar-refractivity contribution in [2.75, 3.05) is 6.61 Å². The summed E-state index contributed by atoms with van der Waals surface area (Å²) in [6, 6.07) is 15.7. The third kappa shape index (κ3) is 2.62. The first-order valence-corrected chi connectivity index (χ1v) is 8.22. The van der Waals surface area contributed by atoms with Crippen LogP contribution < -0.4 is 5.32 Å². The molecule has 0 aliphatic rings. The molecule has 3 N–H and O–H groups in total. The second kappa shape index (κ2) is 6.51. The minimum atomic E-state index is 0.244. The van der Waals surface area contributed by atoms with E-state index in [0.717, 1.165) is 19.5 Å². The maximum absolute atomic E-state index is 9.32. The molecule has 0 unspecified atom stereocenters. The van der Waals surface area contributed by atoms with E-state index in [1.165, 1.54) is 27.4 Å². The highest BCUT2D eigenvalue weighted by Crippen LogP contribution is 2.29. The molecule has 0 radical (unpaired) electrons. The Morgan fingerprint density at radius 1 is 1.05 bits per heavy atom. The number of aliphatic hydroxyl groups excluding tert-OH is 1. The summed E-state index contributed by atoms with van der Waals surface area (Å²) in [7, 11) is 0. The Kier molecular flexibility index (Phi) is 4.46. The molecule has 0 saturated carbocycles. The quantitative estimate of drug-likeness (QED) is 0.721. The van der Waals surface area contributed by atoms with E-state index in [1.54, 1.807) is 0 Å². The van der Waals surface area contributed by atoms with E-state index in [1.807, 2.05) is 0 Å². The lowest BCUT2D eigenvalue weighted by Crippen LogP contribution is -2.89. The first-order valence-electron chi connectivity index (χ1n) is 8.22. The predicted octanol–water partition coefficient (Wildman–Crippen LogP) is 2.65. The molecule has 1 atom stereocenters. The number of fused-ring (bicyclic) bond motifs is 3. The zero-order chi connectivity index (χ0) is 15.5. The van der Waals surface area contributed by atoms with Crippen molar-refractivity contribution in [1.82, 2.24) is 4.57 Å². The minimum absolute atomic E-state index is 0.244. The molecule has 0 saturated heterocycles. The van der Waals surface area contributed by atoms with Crippen LogP contribution in [0.2, 0.25) is 0 Å². The van der Waals surface area contributed by atoms with Gasteiger partial charge in [-0.05, 0) is 31.5 Å². The summed E-state index contributed by atoms with van der Waals surface area (Å²) in [6.45, 7) is 6.46. The Morgan fingerprint density at radius 2 is 1.82 bits per heavy atom. The van der Waals surface area contributed by atoms with Crippen LogP contribution in [0, 0.1) is 0 Å². The number of quaternary nitrogens is 1. The minimum Gasteiger partial charge on any atom is -0.390 e. The summed E-state index contributed by atoms with van der Waals surface area (Å²) >= 11 is 0. The van der Waals surface area contributed by atoms with Crippen molar-refractivity contribution in [1.29, 1.82) is 0 Å². The number of nitrogens with two attached hydrogens (primary N) is 1. The van der Waals surface area contributed by atoms with Crippen LogP contribution in [-0.4, -0.2) is 22.3 Å². The lowest BCUT2D eigenvalue weighted by atomic mass is 10.1. The monoisotopic (exact) mass is 297 g/mol. The average Bonchev–Trinajstić information content (AvgIpc) is 2.89. The fourth-order valence-corrected chi connectivity index (χ4v) is 3.24. The molecule has 0 spiro atoms. The van der Waals surface area contributed by atoms with Crippen molar-refractivity contribution in [3.8, 4) is 0 Å². The molecular weight excluding hydrogens is 272 g/mol. The second-order valence-electron chi connectivity index (χ2n) is 5.90. The molecular formula is C19H25N2O+. The van der Waals surface area contributed by atoms with Gasteiger partial charge >= 0.3 is 0 Å². The standard InChI is InChI=1S/C19H24N2O/c1-3-15(13-22)20-12-14-9-10-19-17(11-14)16-7-5-6-8-18(16)21(19)4-2/h5-11,15,20,22H,3-4,12-13H2,1-2H3/p+1/t15-/m0/s1. The molecule has 3 heteroatoms. The van der Waals surface area contributed by atoms with E-state index in [-0.39, 0.29) is 6.61 Å². The number of aromatic nitrogens is 1. The number of benzene rings is 2. The van der Waals surface area contributed by atoms with Crippen molar-refractivity contribution in [3.63, 3.8) is 0 Å². The average molecular weight is 297 g/mol. The molecule has 0 amide bonds. The molecule has 22 heavy (non-hydrogen) atoms. The van der Waals surface area contributed by atoms with E-state index in [0.29, 0.717) is 6.04 Å². The summed E-state index contributed by atoms with van der Waals surface area (Å²) in [6.07, 6.45) is 0.994. The molecule has 3 rings (SSSR count). The van der Waals surface area contributed by atoms with Crippen molar-refractivity contribution >= 4 is 21.8 Å². The number of aryl methyl sites for hydroxylation is 1. The van der Waals surface area contributed by atoms with Gasteiger partial charge in [0.15, 0.2) is 0 Å². The van der Waals surface area contributed by atoms with Gasteiger partial charge in [0, 0.05) is 33.9 Å². The zero-order valence-corrected chi connectivity index (χ0v) is 13.4. The Bertz CT molecular complexity index is 772. The highest BCUT2D eigenvalue weighted by Gasteiger charge is 2.11. The Labute approximate surface area is 131 Å². The van der Waals surface area contributed by atoms with Crippen molar-refractivity contribution in [3.05, 3.63) is 48.0 Å².